The van der Waals surface area contributed by atoms with E-state index >= 15 is 0 Å². The fraction of sp³-hybridized carbons (Fsp3) is 0.333. The van der Waals surface area contributed by atoms with Crippen LogP contribution in [0.4, 0.5) is 0 Å². The third-order valence-electron chi connectivity index (χ3n) is 5.10. The molecule has 0 radical (unpaired) electrons. The number of benzene rings is 1. The number of rotatable bonds is 7. The average molecular weight is 540 g/mol. The summed E-state index contributed by atoms with van der Waals surface area (Å²) in [7, 11) is -3.68. The van der Waals surface area contributed by atoms with Crippen molar-refractivity contribution in [3.8, 4) is 5.75 Å². The lowest BCUT2D eigenvalue weighted by atomic mass is 9.96. The first-order chi connectivity index (χ1) is 14.5. The van der Waals surface area contributed by atoms with Gasteiger partial charge in [-0.3, -0.25) is 4.79 Å². The van der Waals surface area contributed by atoms with Gasteiger partial charge in [0.05, 0.1) is 14.8 Å². The highest BCUT2D eigenvalue weighted by Gasteiger charge is 2.25. The Morgan fingerprint density at radius 1 is 1.20 bits per heavy atom. The van der Waals surface area contributed by atoms with E-state index in [-0.39, 0.29) is 24.1 Å². The summed E-state index contributed by atoms with van der Waals surface area (Å²) in [6.07, 6.45) is 2.92. The Morgan fingerprint density at radius 2 is 1.93 bits per heavy atom. The van der Waals surface area contributed by atoms with Crippen LogP contribution >= 0.6 is 22.6 Å². The van der Waals surface area contributed by atoms with E-state index in [1.165, 1.54) is 10.2 Å². The van der Waals surface area contributed by atoms with Crippen LogP contribution in [-0.4, -0.2) is 43.0 Å². The van der Waals surface area contributed by atoms with E-state index in [1.807, 2.05) is 40.8 Å². The lowest BCUT2D eigenvalue weighted by Crippen LogP contribution is -2.27. The van der Waals surface area contributed by atoms with Crippen LogP contribution in [0, 0.1) is 9.62 Å². The number of hydrogen-bond acceptors (Lipinski definition) is 6. The molecule has 0 bridgehead atoms. The number of ether oxygens (including phenoxy) is 2. The summed E-state index contributed by atoms with van der Waals surface area (Å²) in [5, 5.41) is 0.568. The number of Topliss-reactive ketones (excluding diaryl/α,β-unsaturated/α-hetero) is 1. The van der Waals surface area contributed by atoms with Crippen molar-refractivity contribution in [2.24, 2.45) is 5.92 Å². The van der Waals surface area contributed by atoms with Crippen LogP contribution in [0.2, 0.25) is 0 Å². The van der Waals surface area contributed by atoms with E-state index in [4.69, 9.17) is 9.47 Å². The molecule has 7 nitrogen and oxygen atoms in total. The summed E-state index contributed by atoms with van der Waals surface area (Å²) in [4.78, 5) is 16.7. The summed E-state index contributed by atoms with van der Waals surface area (Å²) < 4.78 is 39.0. The monoisotopic (exact) mass is 540 g/mol. The molecule has 1 aromatic carbocycles. The van der Waals surface area contributed by atoms with Crippen LogP contribution in [0.25, 0.3) is 11.0 Å². The molecule has 1 aliphatic heterocycles. The van der Waals surface area contributed by atoms with Crippen LogP contribution in [0.3, 0.4) is 0 Å². The van der Waals surface area contributed by atoms with E-state index in [0.717, 1.165) is 0 Å². The highest BCUT2D eigenvalue weighted by molar-refractivity contribution is 14.1. The molecule has 0 atom stereocenters. The van der Waals surface area contributed by atoms with Gasteiger partial charge in [0.25, 0.3) is 0 Å². The van der Waals surface area contributed by atoms with Gasteiger partial charge in [-0.25, -0.2) is 17.4 Å². The Kier molecular flexibility index (Phi) is 6.40. The Bertz CT molecular complexity index is 1150. The summed E-state index contributed by atoms with van der Waals surface area (Å²) in [6.45, 7) is 1.13. The Morgan fingerprint density at radius 3 is 2.67 bits per heavy atom. The molecule has 1 aliphatic rings. The molecule has 0 saturated carbocycles. The number of hydrogen-bond donors (Lipinski definition) is 0. The van der Waals surface area contributed by atoms with Gasteiger partial charge in [0.1, 0.15) is 12.4 Å². The highest BCUT2D eigenvalue weighted by atomic mass is 127. The van der Waals surface area contributed by atoms with Gasteiger partial charge in [-0.05, 0) is 53.1 Å². The lowest BCUT2D eigenvalue weighted by molar-refractivity contribution is -0.127. The van der Waals surface area contributed by atoms with E-state index in [0.29, 0.717) is 52.1 Å². The predicted molar refractivity (Wildman–Crippen MR) is 121 cm³/mol. The van der Waals surface area contributed by atoms with Gasteiger partial charge in [-0.15, -0.1) is 0 Å². The first kappa shape index (κ1) is 21.3. The largest absolute Gasteiger partial charge is 0.485 e. The highest BCUT2D eigenvalue weighted by Crippen LogP contribution is 2.30. The second-order valence-electron chi connectivity index (χ2n) is 7.16. The van der Waals surface area contributed by atoms with Gasteiger partial charge < -0.3 is 9.47 Å². The summed E-state index contributed by atoms with van der Waals surface area (Å²) in [5.41, 5.74) is 0.996. The maximum Gasteiger partial charge on any atom is 0.245 e. The molecule has 30 heavy (non-hydrogen) atoms. The Balaban J connectivity index is 1.59. The van der Waals surface area contributed by atoms with Crippen LogP contribution < -0.4 is 4.74 Å². The molecule has 0 aliphatic carbocycles. The predicted octanol–water partition coefficient (Wildman–Crippen LogP) is 3.39. The molecule has 0 N–H and O–H groups in total. The number of carbonyl (C=O) groups is 1. The van der Waals surface area contributed by atoms with Crippen molar-refractivity contribution >= 4 is 49.4 Å². The average Bonchev–Trinajstić information content (AvgIpc) is 3.10. The fourth-order valence-corrected chi connectivity index (χ4v) is 6.46. The van der Waals surface area contributed by atoms with Gasteiger partial charge in [0, 0.05) is 25.3 Å². The normalized spacial score (nSPS) is 15.4. The molecule has 158 valence electrons. The molecule has 1 saturated heterocycles. The number of ketones is 1. The first-order valence-corrected chi connectivity index (χ1v) is 12.3. The van der Waals surface area contributed by atoms with Crippen molar-refractivity contribution in [2.75, 3.05) is 19.8 Å². The summed E-state index contributed by atoms with van der Waals surface area (Å²) in [5.74, 6) is 0.302. The topological polar surface area (TPSA) is 87.5 Å². The number of fused-ring (bicyclic) bond motifs is 1. The molecule has 2 aromatic heterocycles. The van der Waals surface area contributed by atoms with Gasteiger partial charge in [-0.1, -0.05) is 30.3 Å². The molecular weight excluding hydrogens is 519 g/mol. The zero-order valence-corrected chi connectivity index (χ0v) is 19.1. The van der Waals surface area contributed by atoms with Gasteiger partial charge >= 0.3 is 0 Å². The van der Waals surface area contributed by atoms with Crippen LogP contribution in [0.5, 0.6) is 5.75 Å². The molecule has 9 heteroatoms. The minimum Gasteiger partial charge on any atom is -0.485 e. The zero-order valence-electron chi connectivity index (χ0n) is 16.2. The smallest absolute Gasteiger partial charge is 0.245 e. The van der Waals surface area contributed by atoms with Crippen LogP contribution in [-0.2, 0) is 25.3 Å². The van der Waals surface area contributed by atoms with Crippen molar-refractivity contribution in [2.45, 2.75) is 18.6 Å². The second kappa shape index (κ2) is 9.03. The maximum absolute atomic E-state index is 13.1. The third kappa shape index (κ3) is 4.52. The van der Waals surface area contributed by atoms with E-state index in [2.05, 4.69) is 4.98 Å². The first-order valence-electron chi connectivity index (χ1n) is 9.62. The number of carbonyl (C=O) groups excluding carboxylic acids is 1. The maximum atomic E-state index is 13.1. The van der Waals surface area contributed by atoms with Crippen molar-refractivity contribution < 1.29 is 22.7 Å². The molecule has 3 aromatic rings. The van der Waals surface area contributed by atoms with E-state index in [9.17, 15) is 13.2 Å². The molecule has 1 fully saturated rings. The quantitative estimate of drug-likeness (QED) is 0.427. The molecule has 0 unspecified atom stereocenters. The lowest BCUT2D eigenvalue weighted by Gasteiger charge is -2.20. The van der Waals surface area contributed by atoms with Crippen molar-refractivity contribution in [1.29, 1.82) is 0 Å². The van der Waals surface area contributed by atoms with Crippen LogP contribution in [0.1, 0.15) is 18.4 Å². The SMILES string of the molecule is O=C(COc1ccnc2c1cc(I)n2S(=O)(=O)Cc1ccccc1)C1CCOCC1. The molecular formula is C21H21IN2O5S. The number of halogens is 1. The van der Waals surface area contributed by atoms with Crippen molar-refractivity contribution in [3.63, 3.8) is 0 Å². The zero-order chi connectivity index (χ0) is 21.1. The molecule has 0 amide bonds. The third-order valence-corrected chi connectivity index (χ3v) is 7.84. The van der Waals surface area contributed by atoms with E-state index in [1.54, 1.807) is 24.3 Å². The summed E-state index contributed by atoms with van der Waals surface area (Å²) >= 11 is 1.98. The standard InChI is InChI=1S/C21H21IN2O5S/c22-20-12-17-19(29-13-18(25)16-7-10-28-11-8-16)6-9-23-21(17)24(20)30(26,27)14-15-4-2-1-3-5-15/h1-6,9,12,16H,7-8,10-11,13-14H2. The minimum atomic E-state index is -3.68. The minimum absolute atomic E-state index is 0.0362. The Hall–Kier alpha value is -1.98. The molecule has 4 rings (SSSR count). The Labute approximate surface area is 188 Å². The van der Waals surface area contributed by atoms with Gasteiger partial charge in [-0.2, -0.15) is 0 Å². The van der Waals surface area contributed by atoms with Gasteiger partial charge in [0.2, 0.25) is 10.0 Å². The number of aromatic nitrogens is 2. The number of pyridine rings is 1. The van der Waals surface area contributed by atoms with E-state index < -0.39 is 10.0 Å². The molecule has 0 spiro atoms. The van der Waals surface area contributed by atoms with Crippen LogP contribution in [0.15, 0.2) is 48.7 Å². The second-order valence-corrected chi connectivity index (χ2v) is 10.1. The van der Waals surface area contributed by atoms with Gasteiger partial charge in [0.15, 0.2) is 11.4 Å². The number of nitrogens with zero attached hydrogens (tertiary/aromatic N) is 2. The molecule has 3 heterocycles. The van der Waals surface area contributed by atoms with Crippen molar-refractivity contribution in [3.05, 3.63) is 57.9 Å². The fourth-order valence-electron chi connectivity index (χ4n) is 3.55. The summed E-state index contributed by atoms with van der Waals surface area (Å²) in [6, 6.07) is 12.4. The van der Waals surface area contributed by atoms with Crippen molar-refractivity contribution in [1.82, 2.24) is 8.96 Å².